The number of nitrogen functional groups attached to an aromatic ring is 1. The van der Waals surface area contributed by atoms with E-state index < -0.39 is 6.43 Å². The van der Waals surface area contributed by atoms with Gasteiger partial charge >= 0.3 is 0 Å². The van der Waals surface area contributed by atoms with Gasteiger partial charge in [-0.25, -0.2) is 13.8 Å². The first-order chi connectivity index (χ1) is 10.5. The van der Waals surface area contributed by atoms with Gasteiger partial charge in [-0.15, -0.1) is 11.3 Å². The van der Waals surface area contributed by atoms with E-state index >= 15 is 0 Å². The van der Waals surface area contributed by atoms with Gasteiger partial charge in [0.25, 0.3) is 6.43 Å². The number of carbonyl (C=O) groups is 1. The Morgan fingerprint density at radius 3 is 2.59 bits per heavy atom. The maximum absolute atomic E-state index is 13.2. The Bertz CT molecular complexity index is 859. The maximum atomic E-state index is 13.2. The van der Waals surface area contributed by atoms with Gasteiger partial charge in [-0.1, -0.05) is 30.3 Å². The molecule has 0 atom stereocenters. The minimum absolute atomic E-state index is 0.0802. The molecule has 0 amide bonds. The van der Waals surface area contributed by atoms with Crippen LogP contribution in [0.25, 0.3) is 10.2 Å². The molecule has 0 saturated carbocycles. The highest BCUT2D eigenvalue weighted by atomic mass is 32.1. The van der Waals surface area contributed by atoms with Crippen LogP contribution in [-0.4, -0.2) is 10.8 Å². The Labute approximate surface area is 129 Å². The monoisotopic (exact) mass is 318 g/mol. The van der Waals surface area contributed by atoms with Crippen LogP contribution in [0.4, 0.5) is 14.5 Å². The van der Waals surface area contributed by atoms with Crippen LogP contribution in [0.15, 0.2) is 36.4 Å². The van der Waals surface area contributed by atoms with Crippen LogP contribution >= 0.6 is 11.3 Å². The van der Waals surface area contributed by atoms with Crippen LogP contribution in [0, 0.1) is 6.92 Å². The smallest absolute Gasteiger partial charge is 0.264 e. The molecule has 3 nitrogen and oxygen atoms in total. The number of hydrogen-bond acceptors (Lipinski definition) is 4. The number of aromatic nitrogens is 1. The van der Waals surface area contributed by atoms with Gasteiger partial charge in [0.1, 0.15) is 9.71 Å². The first kappa shape index (κ1) is 14.6. The Balaban J connectivity index is 2.23. The van der Waals surface area contributed by atoms with Crippen molar-refractivity contribution in [2.45, 2.75) is 13.3 Å². The van der Waals surface area contributed by atoms with Gasteiger partial charge in [-0.2, -0.15) is 0 Å². The summed E-state index contributed by atoms with van der Waals surface area (Å²) >= 11 is 1.05. The van der Waals surface area contributed by atoms with Crippen molar-refractivity contribution in [2.75, 3.05) is 5.73 Å². The van der Waals surface area contributed by atoms with E-state index in [-0.39, 0.29) is 27.3 Å². The standard InChI is InChI=1S/C16H12F2N2OS/c1-8-7-10(15(17)18)11-12(19)14(22-16(11)20-8)13(21)9-5-3-2-4-6-9/h2-7,15H,19H2,1H3. The van der Waals surface area contributed by atoms with Crippen LogP contribution in [0.3, 0.4) is 0 Å². The second-order valence-corrected chi connectivity index (χ2v) is 5.87. The number of fused-ring (bicyclic) bond motifs is 1. The number of nitrogens with two attached hydrogens (primary N) is 1. The Morgan fingerprint density at radius 2 is 1.95 bits per heavy atom. The lowest BCUT2D eigenvalue weighted by molar-refractivity contribution is 0.104. The van der Waals surface area contributed by atoms with Crippen molar-refractivity contribution in [3.05, 3.63) is 58.1 Å². The van der Waals surface area contributed by atoms with E-state index in [9.17, 15) is 13.6 Å². The molecule has 22 heavy (non-hydrogen) atoms. The topological polar surface area (TPSA) is 56.0 Å². The van der Waals surface area contributed by atoms with Gasteiger partial charge in [0.2, 0.25) is 5.78 Å². The van der Waals surface area contributed by atoms with E-state index in [4.69, 9.17) is 5.73 Å². The number of ketones is 1. The van der Waals surface area contributed by atoms with Gasteiger partial charge in [0, 0.05) is 22.2 Å². The third-order valence-electron chi connectivity index (χ3n) is 3.33. The minimum Gasteiger partial charge on any atom is -0.397 e. The van der Waals surface area contributed by atoms with E-state index in [1.54, 1.807) is 37.3 Å². The molecule has 2 N–H and O–H groups in total. The first-order valence-electron chi connectivity index (χ1n) is 6.56. The number of alkyl halides is 2. The van der Waals surface area contributed by atoms with Crippen LogP contribution in [-0.2, 0) is 0 Å². The van der Waals surface area contributed by atoms with Gasteiger partial charge in [-0.05, 0) is 13.0 Å². The van der Waals surface area contributed by atoms with Crippen molar-refractivity contribution in [2.24, 2.45) is 0 Å². The fraction of sp³-hybridized carbons (Fsp3) is 0.125. The summed E-state index contributed by atoms with van der Waals surface area (Å²) in [6, 6.07) is 9.92. The van der Waals surface area contributed by atoms with Crippen molar-refractivity contribution in [1.82, 2.24) is 4.98 Å². The Hall–Kier alpha value is -2.34. The number of carbonyl (C=O) groups excluding carboxylic acids is 1. The summed E-state index contributed by atoms with van der Waals surface area (Å²) in [7, 11) is 0. The molecule has 0 spiro atoms. The lowest BCUT2D eigenvalue weighted by atomic mass is 10.1. The minimum atomic E-state index is -2.67. The summed E-state index contributed by atoms with van der Waals surface area (Å²) in [5.74, 6) is -0.279. The molecule has 3 rings (SSSR count). The molecule has 0 radical (unpaired) electrons. The number of nitrogens with zero attached hydrogens (tertiary/aromatic N) is 1. The Kier molecular flexibility index (Phi) is 3.62. The van der Waals surface area contributed by atoms with Crippen molar-refractivity contribution in [1.29, 1.82) is 0 Å². The normalized spacial score (nSPS) is 11.3. The Morgan fingerprint density at radius 1 is 1.27 bits per heavy atom. The SMILES string of the molecule is Cc1cc(C(F)F)c2c(N)c(C(=O)c3ccccc3)sc2n1. The average molecular weight is 318 g/mol. The van der Waals surface area contributed by atoms with Gasteiger partial charge < -0.3 is 5.73 Å². The van der Waals surface area contributed by atoms with Crippen molar-refractivity contribution in [3.8, 4) is 0 Å². The number of benzene rings is 1. The van der Waals surface area contributed by atoms with Crippen LogP contribution in [0.1, 0.15) is 32.9 Å². The number of anilines is 1. The number of halogens is 2. The second kappa shape index (κ2) is 5.46. The molecule has 3 aromatic rings. The second-order valence-electron chi connectivity index (χ2n) is 4.87. The molecule has 1 aromatic carbocycles. The summed E-state index contributed by atoms with van der Waals surface area (Å²) in [5, 5.41) is 0.185. The summed E-state index contributed by atoms with van der Waals surface area (Å²) in [6.45, 7) is 1.64. The molecular weight excluding hydrogens is 306 g/mol. The summed E-state index contributed by atoms with van der Waals surface area (Å²) in [6.07, 6.45) is -2.67. The zero-order valence-corrected chi connectivity index (χ0v) is 12.5. The summed E-state index contributed by atoms with van der Waals surface area (Å²) < 4.78 is 26.5. The largest absolute Gasteiger partial charge is 0.397 e. The van der Waals surface area contributed by atoms with E-state index in [2.05, 4.69) is 4.98 Å². The molecule has 0 bridgehead atoms. The summed E-state index contributed by atoms with van der Waals surface area (Å²) in [4.78, 5) is 17.4. The number of aryl methyl sites for hydroxylation is 1. The van der Waals surface area contributed by atoms with Crippen LogP contribution in [0.2, 0.25) is 0 Å². The average Bonchev–Trinajstić information content (AvgIpc) is 2.83. The third-order valence-corrected chi connectivity index (χ3v) is 4.43. The summed E-state index contributed by atoms with van der Waals surface area (Å²) in [5.41, 5.74) is 6.83. The molecule has 2 heterocycles. The predicted molar refractivity (Wildman–Crippen MR) is 83.6 cm³/mol. The van der Waals surface area contributed by atoms with Crippen molar-refractivity contribution in [3.63, 3.8) is 0 Å². The van der Waals surface area contributed by atoms with Crippen molar-refractivity contribution >= 4 is 33.0 Å². The zero-order valence-electron chi connectivity index (χ0n) is 11.6. The fourth-order valence-electron chi connectivity index (χ4n) is 2.34. The lowest BCUT2D eigenvalue weighted by Crippen LogP contribution is -2.02. The molecule has 0 aliphatic carbocycles. The van der Waals surface area contributed by atoms with E-state index in [1.165, 1.54) is 6.07 Å². The quantitative estimate of drug-likeness (QED) is 0.730. The van der Waals surface area contributed by atoms with Gasteiger partial charge in [0.05, 0.1) is 5.69 Å². The van der Waals surface area contributed by atoms with E-state index in [1.807, 2.05) is 0 Å². The molecule has 0 aliphatic heterocycles. The molecule has 112 valence electrons. The molecule has 6 heteroatoms. The molecule has 0 fully saturated rings. The molecular formula is C16H12F2N2OS. The fourth-order valence-corrected chi connectivity index (χ4v) is 3.48. The highest BCUT2D eigenvalue weighted by Gasteiger charge is 2.23. The molecule has 2 aromatic heterocycles. The zero-order chi connectivity index (χ0) is 15.9. The number of pyridine rings is 1. The molecule has 0 saturated heterocycles. The predicted octanol–water partition coefficient (Wildman–Crippen LogP) is 4.36. The van der Waals surface area contributed by atoms with Gasteiger partial charge in [0.15, 0.2) is 0 Å². The maximum Gasteiger partial charge on any atom is 0.264 e. The van der Waals surface area contributed by atoms with Crippen LogP contribution in [0.5, 0.6) is 0 Å². The van der Waals surface area contributed by atoms with E-state index in [0.717, 1.165) is 11.3 Å². The molecule has 0 unspecified atom stereocenters. The van der Waals surface area contributed by atoms with Gasteiger partial charge in [-0.3, -0.25) is 4.79 Å². The molecule has 0 aliphatic rings. The lowest BCUT2D eigenvalue weighted by Gasteiger charge is -2.04. The van der Waals surface area contributed by atoms with Crippen molar-refractivity contribution < 1.29 is 13.6 Å². The first-order valence-corrected chi connectivity index (χ1v) is 7.38. The highest BCUT2D eigenvalue weighted by molar-refractivity contribution is 7.21. The number of thiophene rings is 1. The number of rotatable bonds is 3. The highest BCUT2D eigenvalue weighted by Crippen LogP contribution is 2.39. The number of hydrogen-bond donors (Lipinski definition) is 1. The van der Waals surface area contributed by atoms with Crippen LogP contribution < -0.4 is 5.73 Å². The van der Waals surface area contributed by atoms with E-state index in [0.29, 0.717) is 16.1 Å². The third kappa shape index (κ3) is 2.35.